The Labute approximate surface area is 244 Å². The van der Waals surface area contributed by atoms with Gasteiger partial charge < -0.3 is 9.47 Å². The predicted octanol–water partition coefficient (Wildman–Crippen LogP) is 8.50. The number of halogens is 1. The summed E-state index contributed by atoms with van der Waals surface area (Å²) in [6, 6.07) is 9.97. The number of alkyl halides is 1. The van der Waals surface area contributed by atoms with Crippen LogP contribution in [0, 0.1) is 46.3 Å². The van der Waals surface area contributed by atoms with Gasteiger partial charge in [-0.15, -0.1) is 0 Å². The fourth-order valence-electron chi connectivity index (χ4n) is 9.98. The van der Waals surface area contributed by atoms with Crippen LogP contribution in [0.1, 0.15) is 103 Å². The van der Waals surface area contributed by atoms with E-state index in [4.69, 9.17) is 9.47 Å². The largest absolute Gasteiger partial charge is 0.462 e. The molecular formula is C34H49BrO4. The summed E-state index contributed by atoms with van der Waals surface area (Å²) in [5.74, 6) is 4.32. The van der Waals surface area contributed by atoms with Gasteiger partial charge in [-0.05, 0) is 116 Å². The zero-order valence-electron chi connectivity index (χ0n) is 24.3. The van der Waals surface area contributed by atoms with E-state index in [1.807, 2.05) is 30.3 Å². The number of benzene rings is 1. The minimum atomic E-state index is -0.0613. The maximum Gasteiger partial charge on any atom is 0.306 e. The van der Waals surface area contributed by atoms with Crippen molar-refractivity contribution in [2.75, 3.05) is 5.33 Å². The lowest BCUT2D eigenvalue weighted by Crippen LogP contribution is -2.54. The molecule has 4 saturated carbocycles. The summed E-state index contributed by atoms with van der Waals surface area (Å²) >= 11 is 3.36. The Balaban J connectivity index is 1.16. The van der Waals surface area contributed by atoms with Crippen LogP contribution in [-0.4, -0.2) is 23.4 Å². The van der Waals surface area contributed by atoms with E-state index in [0.29, 0.717) is 53.4 Å². The molecule has 39 heavy (non-hydrogen) atoms. The zero-order valence-corrected chi connectivity index (χ0v) is 25.9. The van der Waals surface area contributed by atoms with E-state index in [9.17, 15) is 9.59 Å². The molecule has 0 heterocycles. The van der Waals surface area contributed by atoms with Crippen molar-refractivity contribution in [3.63, 3.8) is 0 Å². The van der Waals surface area contributed by atoms with Crippen molar-refractivity contribution in [3.05, 3.63) is 35.9 Å². The average Bonchev–Trinajstić information content (AvgIpc) is 3.29. The van der Waals surface area contributed by atoms with Gasteiger partial charge in [-0.25, -0.2) is 0 Å². The minimum Gasteiger partial charge on any atom is -0.462 e. The van der Waals surface area contributed by atoms with E-state index < -0.39 is 0 Å². The first kappa shape index (κ1) is 29.1. The molecule has 4 aliphatic carbocycles. The topological polar surface area (TPSA) is 52.6 Å². The Kier molecular flexibility index (Phi) is 9.15. The van der Waals surface area contributed by atoms with Crippen LogP contribution < -0.4 is 0 Å². The Hall–Kier alpha value is -1.36. The number of fused-ring (bicyclic) bond motifs is 5. The lowest BCUT2D eigenvalue weighted by Gasteiger charge is -2.61. The summed E-state index contributed by atoms with van der Waals surface area (Å²) in [5.41, 5.74) is 1.85. The van der Waals surface area contributed by atoms with Gasteiger partial charge in [-0.3, -0.25) is 9.59 Å². The maximum atomic E-state index is 12.5. The molecule has 4 aliphatic rings. The smallest absolute Gasteiger partial charge is 0.306 e. The van der Waals surface area contributed by atoms with Gasteiger partial charge >= 0.3 is 11.9 Å². The molecule has 0 bridgehead atoms. The molecule has 1 aromatic carbocycles. The maximum absolute atomic E-state index is 12.5. The lowest BCUT2D eigenvalue weighted by atomic mass is 9.44. The van der Waals surface area contributed by atoms with E-state index in [2.05, 4.69) is 36.7 Å². The molecule has 0 spiro atoms. The van der Waals surface area contributed by atoms with Crippen molar-refractivity contribution in [3.8, 4) is 0 Å². The van der Waals surface area contributed by atoms with Crippen molar-refractivity contribution in [1.82, 2.24) is 0 Å². The van der Waals surface area contributed by atoms with E-state index >= 15 is 0 Å². The molecule has 9 atom stereocenters. The van der Waals surface area contributed by atoms with Gasteiger partial charge in [0, 0.05) is 11.8 Å². The molecule has 0 aliphatic heterocycles. The van der Waals surface area contributed by atoms with Gasteiger partial charge in [0.15, 0.2) is 0 Å². The van der Waals surface area contributed by atoms with E-state index in [1.165, 1.54) is 44.9 Å². The molecule has 4 nitrogen and oxygen atoms in total. The van der Waals surface area contributed by atoms with Gasteiger partial charge in [0.25, 0.3) is 0 Å². The highest BCUT2D eigenvalue weighted by atomic mass is 79.9. The highest BCUT2D eigenvalue weighted by molar-refractivity contribution is 9.09. The minimum absolute atomic E-state index is 0.0434. The van der Waals surface area contributed by atoms with Gasteiger partial charge in [-0.2, -0.15) is 0 Å². The molecule has 0 saturated heterocycles. The Morgan fingerprint density at radius 1 is 0.923 bits per heavy atom. The van der Waals surface area contributed by atoms with Crippen LogP contribution in [0.15, 0.2) is 30.3 Å². The Bertz CT molecular complexity index is 996. The number of rotatable bonds is 9. The summed E-state index contributed by atoms with van der Waals surface area (Å²) in [7, 11) is 0. The molecule has 216 valence electrons. The van der Waals surface area contributed by atoms with Gasteiger partial charge in [0.1, 0.15) is 12.7 Å². The van der Waals surface area contributed by atoms with E-state index in [1.54, 1.807) is 0 Å². The van der Waals surface area contributed by atoms with Crippen molar-refractivity contribution in [2.24, 2.45) is 46.3 Å². The number of carbonyl (C=O) groups excluding carboxylic acids is 2. The van der Waals surface area contributed by atoms with Crippen LogP contribution in [0.4, 0.5) is 0 Å². The Morgan fingerprint density at radius 2 is 1.67 bits per heavy atom. The van der Waals surface area contributed by atoms with E-state index in [0.717, 1.165) is 42.6 Å². The van der Waals surface area contributed by atoms with Crippen molar-refractivity contribution in [1.29, 1.82) is 0 Å². The second-order valence-corrected chi connectivity index (χ2v) is 14.7. The van der Waals surface area contributed by atoms with Crippen LogP contribution in [0.5, 0.6) is 0 Å². The lowest BCUT2D eigenvalue weighted by molar-refractivity contribution is -0.162. The molecule has 4 fully saturated rings. The van der Waals surface area contributed by atoms with Crippen LogP contribution in [0.2, 0.25) is 0 Å². The summed E-state index contributed by atoms with van der Waals surface area (Å²) in [4.78, 5) is 24.6. The molecule has 1 aromatic rings. The predicted molar refractivity (Wildman–Crippen MR) is 158 cm³/mol. The Morgan fingerprint density at radius 3 is 2.44 bits per heavy atom. The van der Waals surface area contributed by atoms with Gasteiger partial charge in [0.05, 0.1) is 6.42 Å². The summed E-state index contributed by atoms with van der Waals surface area (Å²) in [6.45, 7) is 7.96. The number of hydrogen-bond acceptors (Lipinski definition) is 4. The molecule has 0 N–H and O–H groups in total. The third-order valence-electron chi connectivity index (χ3n) is 12.0. The monoisotopic (exact) mass is 600 g/mol. The molecule has 0 amide bonds. The SMILES string of the molecule is C[C@H](CCC(=O)OCc1ccccc1)[C@H]1CC[C@H]2[C@@H]3CC[C@@H]4C[C@@H](OC(=O)CCBr)CC[C@]4(C)[C@H]3CC[C@]12C. The van der Waals surface area contributed by atoms with E-state index in [-0.39, 0.29) is 18.0 Å². The molecule has 0 radical (unpaired) electrons. The van der Waals surface area contributed by atoms with Gasteiger partial charge in [0.2, 0.25) is 0 Å². The fraction of sp³-hybridized carbons (Fsp3) is 0.765. The molecule has 5 heteroatoms. The third-order valence-corrected chi connectivity index (χ3v) is 12.4. The molecule has 0 aromatic heterocycles. The fourth-order valence-corrected chi connectivity index (χ4v) is 10.3. The zero-order chi connectivity index (χ0) is 27.6. The van der Waals surface area contributed by atoms with Gasteiger partial charge in [-0.1, -0.05) is 67.0 Å². The van der Waals surface area contributed by atoms with Crippen LogP contribution >= 0.6 is 15.9 Å². The summed E-state index contributed by atoms with van der Waals surface area (Å²) in [6.07, 6.45) is 13.4. The first-order chi connectivity index (χ1) is 18.7. The number of hydrogen-bond donors (Lipinski definition) is 0. The van der Waals surface area contributed by atoms with Crippen molar-refractivity contribution in [2.45, 2.75) is 111 Å². The van der Waals surface area contributed by atoms with Crippen molar-refractivity contribution < 1.29 is 19.1 Å². The second-order valence-electron chi connectivity index (χ2n) is 13.9. The highest BCUT2D eigenvalue weighted by Crippen LogP contribution is 2.68. The second kappa shape index (κ2) is 12.2. The van der Waals surface area contributed by atoms with Crippen LogP contribution in [0.3, 0.4) is 0 Å². The quantitative estimate of drug-likeness (QED) is 0.210. The molecule has 5 rings (SSSR count). The summed E-state index contributed by atoms with van der Waals surface area (Å²) in [5, 5.41) is 0.682. The van der Waals surface area contributed by atoms with Crippen molar-refractivity contribution >= 4 is 27.9 Å². The summed E-state index contributed by atoms with van der Waals surface area (Å²) < 4.78 is 11.4. The average molecular weight is 602 g/mol. The highest BCUT2D eigenvalue weighted by Gasteiger charge is 2.60. The number of esters is 2. The number of carbonyl (C=O) groups is 2. The van der Waals surface area contributed by atoms with Crippen LogP contribution in [0.25, 0.3) is 0 Å². The first-order valence-electron chi connectivity index (χ1n) is 15.7. The molecule has 0 unspecified atom stereocenters. The number of ether oxygens (including phenoxy) is 2. The standard InChI is InChI=1S/C34H49BrO4/c1-23(9-14-31(36)38-22-24-7-5-4-6-8-24)28-12-13-29-27-11-10-25-21-26(39-32(37)17-20-35)15-18-33(25,2)30(27)16-19-34(28,29)3/h4-8,23,25-30H,9-22H2,1-3H3/t23-,25-,26+,27+,28-,29+,30+,33+,34-/m1/s1. The third kappa shape index (κ3) is 5.99. The normalized spacial score (nSPS) is 38.2. The first-order valence-corrected chi connectivity index (χ1v) is 16.8. The van der Waals surface area contributed by atoms with Crippen LogP contribution in [-0.2, 0) is 25.7 Å². The molecular weight excluding hydrogens is 552 g/mol.